The average Bonchev–Trinajstić information content (AvgIpc) is 3.52. The molecule has 0 aromatic rings. The van der Waals surface area contributed by atoms with Crippen LogP contribution in [0.5, 0.6) is 0 Å². The van der Waals surface area contributed by atoms with Crippen molar-refractivity contribution < 1.29 is 63.1 Å². The van der Waals surface area contributed by atoms with Crippen molar-refractivity contribution in [2.24, 2.45) is 5.73 Å². The molecule has 0 aromatic carbocycles. The number of amides is 6. The number of carbonyl (C=O) groups is 7. The molecule has 1 saturated heterocycles. The van der Waals surface area contributed by atoms with Gasteiger partial charge in [-0.25, -0.2) is 0 Å². The normalized spacial score (nSPS) is 18.3. The number of hydrogen-bond acceptors (Lipinski definition) is 14. The van der Waals surface area contributed by atoms with Gasteiger partial charge in [-0.2, -0.15) is 0 Å². The number of hydrogen-bond donors (Lipinski definition) is 8. The highest BCUT2D eigenvalue weighted by Gasteiger charge is 2.36. The Morgan fingerprint density at radius 1 is 0.780 bits per heavy atom. The Labute approximate surface area is 348 Å². The Morgan fingerprint density at radius 2 is 1.31 bits per heavy atom. The van der Waals surface area contributed by atoms with E-state index in [1.54, 1.807) is 0 Å². The van der Waals surface area contributed by atoms with Crippen LogP contribution in [-0.4, -0.2) is 153 Å². The van der Waals surface area contributed by atoms with E-state index in [1.807, 2.05) is 7.05 Å². The molecule has 6 amide bonds. The van der Waals surface area contributed by atoms with Gasteiger partial charge in [0.25, 0.3) is 11.8 Å². The minimum Gasteiger partial charge on any atom is -0.394 e. The number of imide groups is 1. The summed E-state index contributed by atoms with van der Waals surface area (Å²) in [6.07, 6.45) is 12.4. The number of primary amides is 1. The van der Waals surface area contributed by atoms with Crippen molar-refractivity contribution in [3.63, 3.8) is 0 Å². The third-order valence-electron chi connectivity index (χ3n) is 8.82. The third kappa shape index (κ3) is 31.7. The molecule has 59 heavy (non-hydrogen) atoms. The van der Waals surface area contributed by atoms with E-state index in [4.69, 9.17) is 19.3 Å². The maximum atomic E-state index is 11.8. The van der Waals surface area contributed by atoms with Crippen LogP contribution in [-0.2, 0) is 47.8 Å². The van der Waals surface area contributed by atoms with Gasteiger partial charge in [0.2, 0.25) is 23.6 Å². The Kier molecular flexibility index (Phi) is 34.7. The van der Waals surface area contributed by atoms with Gasteiger partial charge in [0, 0.05) is 90.5 Å². The van der Waals surface area contributed by atoms with Crippen LogP contribution in [0, 0.1) is 0 Å². The van der Waals surface area contributed by atoms with Gasteiger partial charge in [-0.15, -0.1) is 0 Å². The summed E-state index contributed by atoms with van der Waals surface area (Å²) < 4.78 is 16.2. The van der Waals surface area contributed by atoms with Crippen molar-refractivity contribution in [2.45, 2.75) is 134 Å². The van der Waals surface area contributed by atoms with E-state index >= 15 is 0 Å². The minimum atomic E-state index is -1.12. The second kappa shape index (κ2) is 37.2. The van der Waals surface area contributed by atoms with Crippen molar-refractivity contribution in [2.75, 3.05) is 66.2 Å². The number of ether oxygens (including phenoxy) is 3. The lowest BCUT2D eigenvalue weighted by atomic mass is 10.0. The summed E-state index contributed by atoms with van der Waals surface area (Å²) in [5, 5.41) is 39.8. The summed E-state index contributed by atoms with van der Waals surface area (Å²) in [5.74, 6) is -1.13. The molecule has 340 valence electrons. The number of unbranched alkanes of at least 4 members (excludes halogenated alkanes) is 9. The molecule has 2 heterocycles. The second-order valence-corrected chi connectivity index (χ2v) is 14.1. The number of rotatable bonds is 31. The van der Waals surface area contributed by atoms with Crippen LogP contribution in [0.25, 0.3) is 0 Å². The minimum absolute atomic E-state index is 0.0316. The van der Waals surface area contributed by atoms with Gasteiger partial charge in [0.1, 0.15) is 18.5 Å². The molecule has 19 heteroatoms. The van der Waals surface area contributed by atoms with E-state index in [-0.39, 0.29) is 48.4 Å². The highest BCUT2D eigenvalue weighted by atomic mass is 16.7. The maximum absolute atomic E-state index is 11.8. The third-order valence-corrected chi connectivity index (χ3v) is 8.82. The van der Waals surface area contributed by atoms with Crippen molar-refractivity contribution in [3.05, 3.63) is 12.2 Å². The topological polar surface area (TPSA) is 285 Å². The molecule has 0 saturated carbocycles. The predicted octanol–water partition coefficient (Wildman–Crippen LogP) is -0.130. The summed E-state index contributed by atoms with van der Waals surface area (Å²) in [4.78, 5) is 78.2. The molecule has 2 rings (SSSR count). The lowest BCUT2D eigenvalue weighted by molar-refractivity contribution is -0.256. The Bertz CT molecular complexity index is 1200. The molecule has 4 unspecified atom stereocenters. The van der Waals surface area contributed by atoms with E-state index in [9.17, 15) is 43.8 Å². The summed E-state index contributed by atoms with van der Waals surface area (Å²) in [6.45, 7) is 4.51. The number of carbonyl (C=O) groups excluding carboxylic acids is 7. The fourth-order valence-electron chi connectivity index (χ4n) is 5.56. The number of likely N-dealkylation sites (N-methyl/N-ethyl adjacent to an activating group) is 1. The first-order chi connectivity index (χ1) is 28.4. The van der Waals surface area contributed by atoms with Gasteiger partial charge >= 0.3 is 0 Å². The zero-order valence-corrected chi connectivity index (χ0v) is 35.2. The SMILES string of the molecule is CC(N)=O.CNCCOCCC(=O)NCCCNC(=O)CCCCOC1CC(O)C(O)C(CO)O1.O=CCCCCCCCCCCC(=O)NCCN1C(=O)C=CC1=O. The van der Waals surface area contributed by atoms with Gasteiger partial charge in [-0.05, 0) is 39.2 Å². The standard InChI is InChI=1S/C20H39N3O8.C18H28N2O4.C2H5NO/c1-21-9-12-29-11-6-18(27)23-8-4-7-22-17(26)5-2-3-10-30-19-13-15(25)20(28)16(14-24)31-19;21-15-9-7-5-3-1-2-4-6-8-10-16(22)19-13-14-20-17(23)11-12-18(20)24;1-2(3)4/h15-16,19-21,24-25,28H,2-14H2,1H3,(H,22,26)(H,23,27);11-12,15H,1-10,13-14H2,(H,19,22);1H3,(H2,3,4). The van der Waals surface area contributed by atoms with E-state index in [2.05, 4.69) is 27.0 Å². The van der Waals surface area contributed by atoms with Crippen molar-refractivity contribution in [1.29, 1.82) is 0 Å². The smallest absolute Gasteiger partial charge is 0.253 e. The average molecular weight is 845 g/mol. The number of nitrogens with zero attached hydrogens (tertiary/aromatic N) is 1. The summed E-state index contributed by atoms with van der Waals surface area (Å²) in [6, 6.07) is 0. The first kappa shape index (κ1) is 55.2. The molecule has 2 aliphatic heterocycles. The molecule has 0 aliphatic carbocycles. The van der Waals surface area contributed by atoms with Gasteiger partial charge in [0.15, 0.2) is 6.29 Å². The van der Waals surface area contributed by atoms with Crippen molar-refractivity contribution in [3.8, 4) is 0 Å². The predicted molar refractivity (Wildman–Crippen MR) is 218 cm³/mol. The highest BCUT2D eigenvalue weighted by Crippen LogP contribution is 2.21. The van der Waals surface area contributed by atoms with Gasteiger partial charge < -0.3 is 61.3 Å². The Balaban J connectivity index is 0.00000107. The zero-order chi connectivity index (χ0) is 44.1. The van der Waals surface area contributed by atoms with E-state index < -0.39 is 31.2 Å². The molecule has 0 aromatic heterocycles. The largest absolute Gasteiger partial charge is 0.394 e. The number of aliphatic hydroxyl groups excluding tert-OH is 3. The summed E-state index contributed by atoms with van der Waals surface area (Å²) in [5.41, 5.74) is 4.47. The first-order valence-electron chi connectivity index (χ1n) is 20.9. The van der Waals surface area contributed by atoms with Crippen molar-refractivity contribution >= 4 is 41.7 Å². The van der Waals surface area contributed by atoms with Crippen LogP contribution in [0.15, 0.2) is 12.2 Å². The van der Waals surface area contributed by atoms with Gasteiger partial charge in [-0.1, -0.05) is 38.5 Å². The van der Waals surface area contributed by atoms with E-state index in [0.717, 1.165) is 49.8 Å². The molecule has 4 atom stereocenters. The van der Waals surface area contributed by atoms with Crippen LogP contribution >= 0.6 is 0 Å². The van der Waals surface area contributed by atoms with Gasteiger partial charge in [-0.3, -0.25) is 33.7 Å². The van der Waals surface area contributed by atoms with Crippen LogP contribution < -0.4 is 27.0 Å². The molecular weight excluding hydrogens is 772 g/mol. The molecule has 19 nitrogen and oxygen atoms in total. The molecular formula is C40H72N6O13. The lowest BCUT2D eigenvalue weighted by Crippen LogP contribution is -2.50. The maximum Gasteiger partial charge on any atom is 0.253 e. The number of nitrogens with one attached hydrogen (secondary N) is 4. The molecule has 1 fully saturated rings. The fourth-order valence-corrected chi connectivity index (χ4v) is 5.56. The van der Waals surface area contributed by atoms with E-state index in [1.165, 1.54) is 38.3 Å². The van der Waals surface area contributed by atoms with Crippen molar-refractivity contribution in [1.82, 2.24) is 26.2 Å². The summed E-state index contributed by atoms with van der Waals surface area (Å²) in [7, 11) is 1.84. The quantitative estimate of drug-likeness (QED) is 0.0257. The number of aliphatic hydroxyl groups is 3. The number of nitrogens with two attached hydrogens (primary N) is 1. The lowest BCUT2D eigenvalue weighted by Gasteiger charge is -2.36. The fraction of sp³-hybridized carbons (Fsp3) is 0.775. The van der Waals surface area contributed by atoms with Crippen LogP contribution in [0.4, 0.5) is 0 Å². The number of aldehydes is 1. The Hall–Kier alpha value is -3.85. The van der Waals surface area contributed by atoms with Crippen LogP contribution in [0.3, 0.4) is 0 Å². The molecule has 0 radical (unpaired) electrons. The Morgan fingerprint density at radius 3 is 1.86 bits per heavy atom. The van der Waals surface area contributed by atoms with Gasteiger partial charge in [0.05, 0.1) is 25.9 Å². The second-order valence-electron chi connectivity index (χ2n) is 14.1. The monoisotopic (exact) mass is 845 g/mol. The zero-order valence-electron chi connectivity index (χ0n) is 35.2. The summed E-state index contributed by atoms with van der Waals surface area (Å²) >= 11 is 0. The van der Waals surface area contributed by atoms with E-state index in [0.29, 0.717) is 84.4 Å². The van der Waals surface area contributed by atoms with Crippen LogP contribution in [0.2, 0.25) is 0 Å². The van der Waals surface area contributed by atoms with Crippen LogP contribution in [0.1, 0.15) is 110 Å². The molecule has 2 aliphatic rings. The first-order valence-corrected chi connectivity index (χ1v) is 20.9. The molecule has 0 spiro atoms. The molecule has 0 bridgehead atoms. The highest BCUT2D eigenvalue weighted by molar-refractivity contribution is 6.12. The molecule has 9 N–H and O–H groups in total.